The van der Waals surface area contributed by atoms with Crippen LogP contribution in [0.3, 0.4) is 0 Å². The molecule has 0 N–H and O–H groups in total. The van der Waals surface area contributed by atoms with Gasteiger partial charge in [-0.2, -0.15) is 0 Å². The molecular formula is C4HBrCl4O. The first-order chi connectivity index (χ1) is 4.46. The van der Waals surface area contributed by atoms with Crippen molar-refractivity contribution < 1.29 is 4.79 Å². The van der Waals surface area contributed by atoms with Crippen LogP contribution in [0.4, 0.5) is 0 Å². The highest BCUT2D eigenvalue weighted by atomic mass is 79.9. The normalized spacial score (nSPS) is 12.5. The maximum absolute atomic E-state index is 10.4. The molecule has 0 aliphatic rings. The largest absolute Gasteiger partial charge is 0.280 e. The number of allylic oxidation sites excluding steroid dienone is 1. The van der Waals surface area contributed by atoms with Gasteiger partial charge in [0.2, 0.25) is 5.24 Å². The third-order valence-corrected chi connectivity index (χ3v) is 3.23. The summed E-state index contributed by atoms with van der Waals surface area (Å²) < 4.78 is -0.169. The summed E-state index contributed by atoms with van der Waals surface area (Å²) >= 11 is 23.8. The average Bonchev–Trinajstić information content (AvgIpc) is 1.84. The minimum Gasteiger partial charge on any atom is -0.280 e. The Balaban J connectivity index is 4.37. The molecule has 0 heterocycles. The van der Waals surface area contributed by atoms with Crippen molar-refractivity contribution in [1.29, 1.82) is 0 Å². The molecule has 0 saturated carbocycles. The van der Waals surface area contributed by atoms with Crippen molar-refractivity contribution >= 4 is 67.6 Å². The number of carbonyl (C=O) groups is 1. The zero-order valence-corrected chi connectivity index (χ0v) is 8.99. The van der Waals surface area contributed by atoms with Crippen molar-refractivity contribution in [3.63, 3.8) is 0 Å². The first-order valence-electron chi connectivity index (χ1n) is 2.01. The van der Waals surface area contributed by atoms with Crippen LogP contribution in [0.1, 0.15) is 0 Å². The summed E-state index contributed by atoms with van der Waals surface area (Å²) in [5.74, 6) is 0. The Morgan fingerprint density at radius 2 is 1.60 bits per heavy atom. The van der Waals surface area contributed by atoms with Crippen LogP contribution in [0.2, 0.25) is 0 Å². The van der Waals surface area contributed by atoms with E-state index in [-0.39, 0.29) is 9.52 Å². The summed E-state index contributed by atoms with van der Waals surface area (Å²) in [6.45, 7) is 0. The van der Waals surface area contributed by atoms with E-state index in [9.17, 15) is 4.79 Å². The minimum absolute atomic E-state index is 0.0108. The van der Waals surface area contributed by atoms with Gasteiger partial charge in [0.25, 0.3) is 0 Å². The second-order valence-electron chi connectivity index (χ2n) is 1.28. The number of rotatable bonds is 2. The highest BCUT2D eigenvalue weighted by molar-refractivity contribution is 9.10. The third-order valence-electron chi connectivity index (χ3n) is 0.602. The van der Waals surface area contributed by atoms with Crippen molar-refractivity contribution in [3.8, 4) is 0 Å². The van der Waals surface area contributed by atoms with Crippen LogP contribution >= 0.6 is 62.3 Å². The highest BCUT2D eigenvalue weighted by Crippen LogP contribution is 2.26. The molecule has 0 radical (unpaired) electrons. The fourth-order valence-corrected chi connectivity index (χ4v) is 1.17. The van der Waals surface area contributed by atoms with Gasteiger partial charge in [-0.05, 0) is 11.6 Å². The summed E-state index contributed by atoms with van der Waals surface area (Å²) in [6, 6.07) is 0. The summed E-state index contributed by atoms with van der Waals surface area (Å²) in [5, 5.41) is -0.674. The average molecular weight is 287 g/mol. The third kappa shape index (κ3) is 3.44. The topological polar surface area (TPSA) is 17.1 Å². The summed E-state index contributed by atoms with van der Waals surface area (Å²) in [6.07, 6.45) is 0. The summed E-state index contributed by atoms with van der Waals surface area (Å²) in [5.41, 5.74) is 0. The molecule has 0 aromatic carbocycles. The SMILES string of the molecule is O=C(Cl)C(Br)C(Cl)=C(Cl)Cl. The lowest BCUT2D eigenvalue weighted by Gasteiger charge is -2.00. The van der Waals surface area contributed by atoms with Crippen LogP contribution < -0.4 is 0 Å². The van der Waals surface area contributed by atoms with Gasteiger partial charge >= 0.3 is 0 Å². The number of hydrogen-bond donors (Lipinski definition) is 0. The second-order valence-corrected chi connectivity index (χ2v) is 3.92. The monoisotopic (exact) mass is 284 g/mol. The molecule has 6 heteroatoms. The molecule has 0 fully saturated rings. The van der Waals surface area contributed by atoms with E-state index < -0.39 is 10.1 Å². The number of carbonyl (C=O) groups excluding carboxylic acids is 1. The lowest BCUT2D eigenvalue weighted by Crippen LogP contribution is -2.06. The van der Waals surface area contributed by atoms with Gasteiger partial charge < -0.3 is 0 Å². The standard InChI is InChI=1S/C4HBrCl4O/c5-1(4(9)10)2(6)3(7)8/h1H. The Kier molecular flexibility index (Phi) is 5.34. The number of hydrogen-bond acceptors (Lipinski definition) is 1. The Morgan fingerprint density at radius 3 is 1.70 bits per heavy atom. The molecule has 1 unspecified atom stereocenters. The maximum atomic E-state index is 10.4. The molecule has 0 spiro atoms. The van der Waals surface area contributed by atoms with Gasteiger partial charge in [-0.25, -0.2) is 0 Å². The first kappa shape index (κ1) is 11.1. The molecule has 0 aromatic rings. The quantitative estimate of drug-likeness (QED) is 0.562. The predicted molar refractivity (Wildman–Crippen MR) is 48.2 cm³/mol. The summed E-state index contributed by atoms with van der Waals surface area (Å²) in [7, 11) is 0. The van der Waals surface area contributed by atoms with E-state index in [0.717, 1.165) is 0 Å². The lowest BCUT2D eigenvalue weighted by molar-refractivity contribution is -0.110. The van der Waals surface area contributed by atoms with Crippen molar-refractivity contribution in [1.82, 2.24) is 0 Å². The molecule has 0 aliphatic carbocycles. The van der Waals surface area contributed by atoms with Crippen LogP contribution in [0.5, 0.6) is 0 Å². The molecule has 10 heavy (non-hydrogen) atoms. The first-order valence-corrected chi connectivity index (χ1v) is 4.43. The molecule has 0 aromatic heterocycles. The van der Waals surface area contributed by atoms with Crippen LogP contribution in [-0.2, 0) is 4.79 Å². The van der Waals surface area contributed by atoms with Crippen LogP contribution in [0.15, 0.2) is 9.52 Å². The minimum atomic E-state index is -0.819. The molecule has 0 bridgehead atoms. The number of halogens is 5. The Bertz CT molecular complexity index is 174. The van der Waals surface area contributed by atoms with Gasteiger partial charge in [-0.1, -0.05) is 50.7 Å². The molecular weight excluding hydrogens is 286 g/mol. The van der Waals surface area contributed by atoms with Gasteiger partial charge in [0.15, 0.2) is 0 Å². The molecule has 1 nitrogen and oxygen atoms in total. The van der Waals surface area contributed by atoms with Gasteiger partial charge in [0, 0.05) is 0 Å². The highest BCUT2D eigenvalue weighted by Gasteiger charge is 2.18. The van der Waals surface area contributed by atoms with Gasteiger partial charge in [-0.15, -0.1) is 0 Å². The molecule has 58 valence electrons. The molecule has 0 rings (SSSR count). The van der Waals surface area contributed by atoms with Crippen molar-refractivity contribution in [2.75, 3.05) is 0 Å². The van der Waals surface area contributed by atoms with Crippen LogP contribution in [0, 0.1) is 0 Å². The maximum Gasteiger partial charge on any atom is 0.240 e. The molecule has 0 saturated heterocycles. The lowest BCUT2D eigenvalue weighted by atomic mass is 10.5. The zero-order chi connectivity index (χ0) is 8.31. The van der Waals surface area contributed by atoms with E-state index in [0.29, 0.717) is 0 Å². The fraction of sp³-hybridized carbons (Fsp3) is 0.250. The Labute approximate surface area is 86.4 Å². The fourth-order valence-electron chi connectivity index (χ4n) is 0.195. The van der Waals surface area contributed by atoms with E-state index >= 15 is 0 Å². The predicted octanol–water partition coefficient (Wildman–Crippen LogP) is 3.40. The molecule has 1 atom stereocenters. The van der Waals surface area contributed by atoms with Crippen molar-refractivity contribution in [2.24, 2.45) is 0 Å². The van der Waals surface area contributed by atoms with Crippen molar-refractivity contribution in [3.05, 3.63) is 9.52 Å². The smallest absolute Gasteiger partial charge is 0.240 e. The van der Waals surface area contributed by atoms with Gasteiger partial charge in [0.05, 0.1) is 5.03 Å². The Hall–Kier alpha value is 1.05. The molecule has 0 aliphatic heterocycles. The zero-order valence-electron chi connectivity index (χ0n) is 4.38. The van der Waals surface area contributed by atoms with E-state index in [2.05, 4.69) is 15.9 Å². The van der Waals surface area contributed by atoms with E-state index in [1.54, 1.807) is 0 Å². The molecule has 0 amide bonds. The van der Waals surface area contributed by atoms with Crippen LogP contribution in [0.25, 0.3) is 0 Å². The van der Waals surface area contributed by atoms with Crippen LogP contribution in [-0.4, -0.2) is 10.1 Å². The van der Waals surface area contributed by atoms with Gasteiger partial charge in [0.1, 0.15) is 9.32 Å². The van der Waals surface area contributed by atoms with E-state index in [1.165, 1.54) is 0 Å². The van der Waals surface area contributed by atoms with E-state index in [4.69, 9.17) is 46.4 Å². The second kappa shape index (κ2) is 4.83. The van der Waals surface area contributed by atoms with E-state index in [1.807, 2.05) is 0 Å². The summed E-state index contributed by atoms with van der Waals surface area (Å²) in [4.78, 5) is 9.55. The van der Waals surface area contributed by atoms with Crippen molar-refractivity contribution in [2.45, 2.75) is 4.83 Å². The Morgan fingerprint density at radius 1 is 1.20 bits per heavy atom. The number of alkyl halides is 1. The van der Waals surface area contributed by atoms with Gasteiger partial charge in [-0.3, -0.25) is 4.79 Å².